The van der Waals surface area contributed by atoms with Crippen molar-refractivity contribution < 1.29 is 16.8 Å². The van der Waals surface area contributed by atoms with Crippen LogP contribution in [0, 0.1) is 5.92 Å². The molecule has 0 saturated heterocycles. The van der Waals surface area contributed by atoms with Gasteiger partial charge in [0.1, 0.15) is 0 Å². The van der Waals surface area contributed by atoms with Crippen LogP contribution in [-0.4, -0.2) is 28.4 Å². The second-order valence-corrected chi connectivity index (χ2v) is 9.55. The molecule has 0 radical (unpaired) electrons. The van der Waals surface area contributed by atoms with Crippen LogP contribution in [0.1, 0.15) is 12.8 Å². The molecule has 0 atom stereocenters. The minimum absolute atomic E-state index is 0.0196. The number of thiazole rings is 1. The number of hydrogen-bond donors (Lipinski definition) is 2. The van der Waals surface area contributed by atoms with Crippen molar-refractivity contribution in [2.24, 2.45) is 5.92 Å². The first-order chi connectivity index (χ1) is 10.9. The maximum absolute atomic E-state index is 12.2. The van der Waals surface area contributed by atoms with Gasteiger partial charge in [-0.2, -0.15) is 0 Å². The molecule has 1 fully saturated rings. The summed E-state index contributed by atoms with van der Waals surface area (Å²) in [6, 6.07) is 5.10. The Morgan fingerprint density at radius 3 is 2.17 bits per heavy atom. The Labute approximate surface area is 138 Å². The normalized spacial score (nSPS) is 15.5. The number of nitrogens with zero attached hydrogens (tertiary/aromatic N) is 1. The zero-order chi connectivity index (χ0) is 16.5. The number of anilines is 1. The van der Waals surface area contributed by atoms with Gasteiger partial charge in [-0.05, 0) is 43.0 Å². The largest absolute Gasteiger partial charge is 0.263 e. The fraction of sp³-hybridized carbons (Fsp3) is 0.308. The van der Waals surface area contributed by atoms with Crippen LogP contribution in [0.25, 0.3) is 0 Å². The van der Waals surface area contributed by atoms with Gasteiger partial charge >= 0.3 is 0 Å². The van der Waals surface area contributed by atoms with E-state index < -0.39 is 20.0 Å². The second-order valence-electron chi connectivity index (χ2n) is 5.21. The summed E-state index contributed by atoms with van der Waals surface area (Å²) in [5.74, 6) is 0.423. The van der Waals surface area contributed by atoms with Gasteiger partial charge in [0.2, 0.25) is 10.0 Å². The van der Waals surface area contributed by atoms with E-state index in [2.05, 4.69) is 14.4 Å². The van der Waals surface area contributed by atoms with Crippen LogP contribution in [0.3, 0.4) is 0 Å². The van der Waals surface area contributed by atoms with Crippen molar-refractivity contribution in [2.75, 3.05) is 11.3 Å². The van der Waals surface area contributed by atoms with Gasteiger partial charge < -0.3 is 0 Å². The minimum atomic E-state index is -3.78. The highest BCUT2D eigenvalue weighted by Gasteiger charge is 2.24. The summed E-state index contributed by atoms with van der Waals surface area (Å²) in [5.41, 5.74) is 0. The number of benzene rings is 1. The average molecular weight is 373 g/mol. The highest BCUT2D eigenvalue weighted by atomic mass is 32.2. The zero-order valence-corrected chi connectivity index (χ0v) is 14.4. The predicted molar refractivity (Wildman–Crippen MR) is 87.3 cm³/mol. The Balaban J connectivity index is 1.75. The minimum Gasteiger partial charge on any atom is -0.255 e. The molecule has 1 saturated carbocycles. The van der Waals surface area contributed by atoms with Crippen LogP contribution in [0.4, 0.5) is 5.13 Å². The highest BCUT2D eigenvalue weighted by molar-refractivity contribution is 7.93. The van der Waals surface area contributed by atoms with Gasteiger partial charge in [-0.1, -0.05) is 0 Å². The first kappa shape index (κ1) is 16.4. The molecule has 23 heavy (non-hydrogen) atoms. The Morgan fingerprint density at radius 1 is 1.04 bits per heavy atom. The van der Waals surface area contributed by atoms with E-state index in [1.54, 1.807) is 5.38 Å². The summed E-state index contributed by atoms with van der Waals surface area (Å²) in [4.78, 5) is 3.88. The summed E-state index contributed by atoms with van der Waals surface area (Å²) in [5, 5.41) is 1.91. The molecule has 0 bridgehead atoms. The SMILES string of the molecule is O=S(=O)(NCC1CC1)c1ccc(S(=O)(=O)Nc2nccs2)cc1. The Kier molecular flexibility index (Phi) is 4.41. The molecule has 7 nitrogen and oxygen atoms in total. The predicted octanol–water partition coefficient (Wildman–Crippen LogP) is 1.63. The van der Waals surface area contributed by atoms with Gasteiger partial charge in [0, 0.05) is 18.1 Å². The summed E-state index contributed by atoms with van der Waals surface area (Å²) in [6.07, 6.45) is 3.58. The number of aromatic nitrogens is 1. The van der Waals surface area contributed by atoms with Crippen LogP contribution in [-0.2, 0) is 20.0 Å². The number of sulfonamides is 2. The molecule has 1 aliphatic carbocycles. The second kappa shape index (κ2) is 6.19. The van der Waals surface area contributed by atoms with Crippen LogP contribution in [0.2, 0.25) is 0 Å². The lowest BCUT2D eigenvalue weighted by atomic mass is 10.4. The molecule has 0 unspecified atom stereocenters. The van der Waals surface area contributed by atoms with Gasteiger partial charge in [0.15, 0.2) is 5.13 Å². The lowest BCUT2D eigenvalue weighted by Crippen LogP contribution is -2.25. The van der Waals surface area contributed by atoms with E-state index >= 15 is 0 Å². The number of rotatable bonds is 7. The molecule has 0 spiro atoms. The molecule has 1 aromatic carbocycles. The van der Waals surface area contributed by atoms with Crippen molar-refractivity contribution in [2.45, 2.75) is 22.6 Å². The molecule has 0 amide bonds. The molecule has 3 rings (SSSR count). The van der Waals surface area contributed by atoms with Crippen molar-refractivity contribution in [1.29, 1.82) is 0 Å². The molecule has 1 heterocycles. The van der Waals surface area contributed by atoms with Crippen LogP contribution >= 0.6 is 11.3 Å². The van der Waals surface area contributed by atoms with Gasteiger partial charge in [-0.25, -0.2) is 26.5 Å². The lowest BCUT2D eigenvalue weighted by Gasteiger charge is -2.08. The first-order valence-corrected chi connectivity index (χ1v) is 10.7. The fourth-order valence-corrected chi connectivity index (χ4v) is 4.78. The third kappa shape index (κ3) is 4.08. The smallest absolute Gasteiger partial charge is 0.255 e. The standard InChI is InChI=1S/C13H15N3O4S3/c17-22(18,15-9-10-1-2-10)11-3-5-12(6-4-11)23(19,20)16-13-14-7-8-21-13/h3-8,10,15H,1-2,9H2,(H,14,16). The molecule has 124 valence electrons. The van der Waals surface area contributed by atoms with E-state index in [1.807, 2.05) is 0 Å². The molecular formula is C13H15N3O4S3. The summed E-state index contributed by atoms with van der Waals surface area (Å²) in [7, 11) is -7.38. The van der Waals surface area contributed by atoms with Crippen molar-refractivity contribution >= 4 is 36.5 Å². The van der Waals surface area contributed by atoms with Crippen molar-refractivity contribution in [3.8, 4) is 0 Å². The van der Waals surface area contributed by atoms with Gasteiger partial charge in [-0.15, -0.1) is 11.3 Å². The van der Waals surface area contributed by atoms with Crippen LogP contribution in [0.15, 0.2) is 45.6 Å². The van der Waals surface area contributed by atoms with E-state index in [4.69, 9.17) is 0 Å². The Bertz CT molecular complexity index is 871. The fourth-order valence-electron chi connectivity index (χ4n) is 1.88. The van der Waals surface area contributed by atoms with Crippen LogP contribution in [0.5, 0.6) is 0 Å². The number of hydrogen-bond acceptors (Lipinski definition) is 6. The van der Waals surface area contributed by atoms with E-state index in [9.17, 15) is 16.8 Å². The molecular weight excluding hydrogens is 358 g/mol. The highest BCUT2D eigenvalue weighted by Crippen LogP contribution is 2.28. The maximum Gasteiger partial charge on any atom is 0.263 e. The molecule has 1 aromatic heterocycles. The van der Waals surface area contributed by atoms with Crippen LogP contribution < -0.4 is 9.44 Å². The average Bonchev–Trinajstić information content (AvgIpc) is 3.22. The van der Waals surface area contributed by atoms with E-state index in [0.717, 1.165) is 24.2 Å². The molecule has 2 aromatic rings. The van der Waals surface area contributed by atoms with Crippen molar-refractivity contribution in [3.63, 3.8) is 0 Å². The summed E-state index contributed by atoms with van der Waals surface area (Å²) >= 11 is 1.16. The molecule has 10 heteroatoms. The van der Waals surface area contributed by atoms with Gasteiger partial charge in [-0.3, -0.25) is 4.72 Å². The lowest BCUT2D eigenvalue weighted by molar-refractivity contribution is 0.577. The van der Waals surface area contributed by atoms with Crippen molar-refractivity contribution in [1.82, 2.24) is 9.71 Å². The third-order valence-corrected chi connectivity index (χ3v) is 6.97. The van der Waals surface area contributed by atoms with Gasteiger partial charge in [0.25, 0.3) is 10.0 Å². The Hall–Kier alpha value is -1.49. The molecule has 0 aliphatic heterocycles. The van der Waals surface area contributed by atoms with Crippen molar-refractivity contribution in [3.05, 3.63) is 35.8 Å². The van der Waals surface area contributed by atoms with E-state index in [0.29, 0.717) is 12.5 Å². The summed E-state index contributed by atoms with van der Waals surface area (Å²) in [6.45, 7) is 0.425. The monoisotopic (exact) mass is 373 g/mol. The number of nitrogens with one attached hydrogen (secondary N) is 2. The third-order valence-electron chi connectivity index (χ3n) is 3.36. The molecule has 2 N–H and O–H groups in total. The topological polar surface area (TPSA) is 105 Å². The first-order valence-electron chi connectivity index (χ1n) is 6.89. The maximum atomic E-state index is 12.2. The summed E-state index contributed by atoms with van der Waals surface area (Å²) < 4.78 is 53.4. The zero-order valence-electron chi connectivity index (χ0n) is 12.0. The Morgan fingerprint density at radius 2 is 1.65 bits per heavy atom. The molecule has 1 aliphatic rings. The van der Waals surface area contributed by atoms with E-state index in [1.165, 1.54) is 30.5 Å². The van der Waals surface area contributed by atoms with Gasteiger partial charge in [0.05, 0.1) is 9.79 Å². The van der Waals surface area contributed by atoms with E-state index in [-0.39, 0.29) is 14.9 Å². The quantitative estimate of drug-likeness (QED) is 0.767.